The van der Waals surface area contributed by atoms with Gasteiger partial charge in [-0.05, 0) is 37.8 Å². The van der Waals surface area contributed by atoms with Crippen molar-refractivity contribution in [3.05, 3.63) is 28.3 Å². The molecule has 5 aliphatic heterocycles. The molecule has 1 spiro atoms. The number of phenolic OH excluding ortho intramolecular Hbond substituents is 1. The molecule has 4 fully saturated rings. The highest BCUT2D eigenvalue weighted by Gasteiger charge is 2.91. The van der Waals surface area contributed by atoms with Crippen molar-refractivity contribution < 1.29 is 43.1 Å². The third-order valence-electron chi connectivity index (χ3n) is 9.09. The summed E-state index contributed by atoms with van der Waals surface area (Å²) in [6.07, 6.45) is 0.641. The molecule has 196 valence electrons. The number of nitrogens with one attached hydrogen (secondary N) is 1. The molecule has 2 bridgehead atoms. The van der Waals surface area contributed by atoms with Crippen molar-refractivity contribution >= 4 is 16.6 Å². The van der Waals surface area contributed by atoms with Gasteiger partial charge in [0.05, 0.1) is 31.3 Å². The van der Waals surface area contributed by atoms with Gasteiger partial charge in [-0.1, -0.05) is 0 Å². The van der Waals surface area contributed by atoms with Crippen LogP contribution in [-0.4, -0.2) is 74.4 Å². The normalized spacial score (nSPS) is 37.5. The number of ketones is 1. The molecule has 0 radical (unpaired) electrons. The minimum atomic E-state index is -1.27. The maximum atomic E-state index is 13.0. The molecule has 5 heterocycles. The minimum absolute atomic E-state index is 0.0855. The molecule has 1 aliphatic carbocycles. The molecule has 37 heavy (non-hydrogen) atoms. The van der Waals surface area contributed by atoms with E-state index >= 15 is 0 Å². The summed E-state index contributed by atoms with van der Waals surface area (Å²) in [7, 11) is 3.18. The zero-order valence-electron chi connectivity index (χ0n) is 21.0. The molecule has 4 saturated heterocycles. The molecule has 10 heteroatoms. The molecule has 5 atom stereocenters. The maximum Gasteiger partial charge on any atom is 0.265 e. The number of ether oxygens (including phenoxy) is 7. The van der Waals surface area contributed by atoms with Gasteiger partial charge in [0, 0.05) is 36.6 Å². The first-order valence-electron chi connectivity index (χ1n) is 12.9. The molecule has 3 unspecified atom stereocenters. The number of rotatable bonds is 3. The minimum Gasteiger partial charge on any atom is -0.506 e. The largest absolute Gasteiger partial charge is 0.506 e. The van der Waals surface area contributed by atoms with Crippen LogP contribution in [0, 0.1) is 6.92 Å². The maximum absolute atomic E-state index is 13.0. The van der Waals surface area contributed by atoms with E-state index < -0.39 is 35.6 Å². The molecule has 2 aromatic carbocycles. The SMILES string of the molecule is COc1c2c(c(O)c3c4c(c(C)cc13)C1OC3(C5OCCCO5)OC1[C@@](OC)(O4)[C@@]31CN1)C(=O)CCC2. The second-order valence-electron chi connectivity index (χ2n) is 10.8. The third kappa shape index (κ3) is 2.37. The molecule has 2 aromatic rings. The summed E-state index contributed by atoms with van der Waals surface area (Å²) in [5.74, 6) is -1.70. The summed E-state index contributed by atoms with van der Waals surface area (Å²) in [5.41, 5.74) is 1.82. The van der Waals surface area contributed by atoms with Crippen LogP contribution in [0.25, 0.3) is 10.8 Å². The van der Waals surface area contributed by atoms with E-state index in [1.807, 2.05) is 13.0 Å². The van der Waals surface area contributed by atoms with Crippen LogP contribution < -0.4 is 14.8 Å². The van der Waals surface area contributed by atoms with Gasteiger partial charge < -0.3 is 38.3 Å². The fraction of sp³-hybridized carbons (Fsp3) is 0.593. The molecule has 6 aliphatic rings. The Morgan fingerprint density at radius 2 is 1.92 bits per heavy atom. The molecular weight excluding hydrogens is 482 g/mol. The van der Waals surface area contributed by atoms with Crippen LogP contribution in [0.3, 0.4) is 0 Å². The molecule has 0 aromatic heterocycles. The predicted molar refractivity (Wildman–Crippen MR) is 127 cm³/mol. The number of methoxy groups -OCH3 is 2. The summed E-state index contributed by atoms with van der Waals surface area (Å²) in [5, 5.41) is 16.1. The average Bonchev–Trinajstić information content (AvgIpc) is 3.56. The van der Waals surface area contributed by atoms with Gasteiger partial charge in [0.15, 0.2) is 17.4 Å². The van der Waals surface area contributed by atoms with Crippen molar-refractivity contribution in [1.29, 1.82) is 0 Å². The van der Waals surface area contributed by atoms with E-state index in [2.05, 4.69) is 5.32 Å². The topological polar surface area (TPSA) is 124 Å². The van der Waals surface area contributed by atoms with Gasteiger partial charge in [-0.3, -0.25) is 10.1 Å². The Bertz CT molecular complexity index is 1380. The Labute approximate surface area is 213 Å². The number of fused-ring (bicyclic) bond motifs is 8. The Kier molecular flexibility index (Phi) is 4.34. The molecule has 2 N–H and O–H groups in total. The van der Waals surface area contributed by atoms with E-state index in [-0.39, 0.29) is 11.5 Å². The lowest BCUT2D eigenvalue weighted by Gasteiger charge is -2.50. The van der Waals surface area contributed by atoms with E-state index in [9.17, 15) is 9.90 Å². The van der Waals surface area contributed by atoms with Crippen molar-refractivity contribution in [2.24, 2.45) is 0 Å². The molecule has 8 rings (SSSR count). The quantitative estimate of drug-likeness (QED) is 0.594. The summed E-state index contributed by atoms with van der Waals surface area (Å²) in [4.78, 5) is 13.0. The summed E-state index contributed by atoms with van der Waals surface area (Å²) in [6.45, 7) is 3.57. The fourth-order valence-electron chi connectivity index (χ4n) is 7.48. The van der Waals surface area contributed by atoms with Gasteiger partial charge in [-0.25, -0.2) is 0 Å². The predicted octanol–water partition coefficient (Wildman–Crippen LogP) is 2.39. The molecular formula is C27H29NO9. The van der Waals surface area contributed by atoms with E-state index in [0.29, 0.717) is 60.4 Å². The lowest BCUT2D eigenvalue weighted by atomic mass is 9.77. The monoisotopic (exact) mass is 511 g/mol. The van der Waals surface area contributed by atoms with Gasteiger partial charge in [-0.2, -0.15) is 0 Å². The van der Waals surface area contributed by atoms with E-state index in [0.717, 1.165) is 29.5 Å². The summed E-state index contributed by atoms with van der Waals surface area (Å²) in [6, 6.07) is 1.97. The van der Waals surface area contributed by atoms with Crippen molar-refractivity contribution in [1.82, 2.24) is 5.32 Å². The number of aromatic hydroxyl groups is 1. The smallest absolute Gasteiger partial charge is 0.265 e. The lowest BCUT2D eigenvalue weighted by Crippen LogP contribution is -2.71. The second-order valence-corrected chi connectivity index (χ2v) is 10.8. The highest BCUT2D eigenvalue weighted by Crippen LogP contribution is 2.70. The molecule has 0 amide bonds. The van der Waals surface area contributed by atoms with Crippen molar-refractivity contribution in [2.45, 2.75) is 68.2 Å². The fourth-order valence-corrected chi connectivity index (χ4v) is 7.48. The Morgan fingerprint density at radius 3 is 2.62 bits per heavy atom. The second kappa shape index (κ2) is 7.13. The van der Waals surface area contributed by atoms with Gasteiger partial charge >= 0.3 is 0 Å². The van der Waals surface area contributed by atoms with Gasteiger partial charge in [0.2, 0.25) is 12.1 Å². The van der Waals surface area contributed by atoms with Gasteiger partial charge in [-0.15, -0.1) is 0 Å². The Morgan fingerprint density at radius 1 is 1.14 bits per heavy atom. The zero-order valence-corrected chi connectivity index (χ0v) is 21.0. The van der Waals surface area contributed by atoms with E-state index in [1.54, 1.807) is 14.2 Å². The van der Waals surface area contributed by atoms with Crippen LogP contribution in [0.5, 0.6) is 17.2 Å². The van der Waals surface area contributed by atoms with Crippen molar-refractivity contribution in [2.75, 3.05) is 34.0 Å². The first-order chi connectivity index (χ1) is 17.9. The van der Waals surface area contributed by atoms with Crippen LogP contribution in [0.1, 0.15) is 52.4 Å². The number of hydrogen-bond donors (Lipinski definition) is 2. The van der Waals surface area contributed by atoms with Crippen LogP contribution in [0.4, 0.5) is 0 Å². The van der Waals surface area contributed by atoms with Gasteiger partial charge in [0.25, 0.3) is 5.79 Å². The molecule has 10 nitrogen and oxygen atoms in total. The number of carbonyl (C=O) groups excluding carboxylic acids is 1. The van der Waals surface area contributed by atoms with Crippen LogP contribution in [0.15, 0.2) is 6.07 Å². The Balaban J connectivity index is 1.40. The highest BCUT2D eigenvalue weighted by molar-refractivity contribution is 6.11. The number of Topliss-reactive ketones (excluding diaryl/α,β-unsaturated/α-hetero) is 1. The number of phenols is 1. The number of carbonyl (C=O) groups is 1. The van der Waals surface area contributed by atoms with Gasteiger partial charge in [0.1, 0.15) is 23.4 Å². The average molecular weight is 512 g/mol. The first-order valence-corrected chi connectivity index (χ1v) is 12.9. The van der Waals surface area contributed by atoms with Crippen molar-refractivity contribution in [3.8, 4) is 17.2 Å². The standard InChI is InChI=1S/C27H29NO9/c1-12-10-14-18(19(30)17-13(20(14)31-2)6-4-7-15(17)29)21-16(12)22-23-26(32-3,35-21)25(11-28-25)27(36-22,37-23)24-33-8-5-9-34-24/h10,22-24,28,30H,4-9,11H2,1-3H3/t22?,23?,25-,26+,27?/m0/s1. The first kappa shape index (κ1) is 22.5. The van der Waals surface area contributed by atoms with Crippen LogP contribution >= 0.6 is 0 Å². The highest BCUT2D eigenvalue weighted by atomic mass is 16.9. The number of benzene rings is 2. The van der Waals surface area contributed by atoms with Crippen molar-refractivity contribution in [3.63, 3.8) is 0 Å². The summed E-state index contributed by atoms with van der Waals surface area (Å²) < 4.78 is 44.3. The molecule has 0 saturated carbocycles. The summed E-state index contributed by atoms with van der Waals surface area (Å²) >= 11 is 0. The lowest BCUT2D eigenvalue weighted by molar-refractivity contribution is -0.352. The van der Waals surface area contributed by atoms with E-state index in [4.69, 9.17) is 33.2 Å². The number of aryl methyl sites for hydroxylation is 1. The number of hydrogen-bond acceptors (Lipinski definition) is 10. The Hall–Kier alpha value is -2.47. The van der Waals surface area contributed by atoms with Crippen LogP contribution in [-0.2, 0) is 30.1 Å². The third-order valence-corrected chi connectivity index (χ3v) is 9.09. The zero-order chi connectivity index (χ0) is 25.3. The van der Waals surface area contributed by atoms with Crippen LogP contribution in [0.2, 0.25) is 0 Å². The van der Waals surface area contributed by atoms with E-state index in [1.165, 1.54) is 0 Å².